The Morgan fingerprint density at radius 1 is 1.21 bits per heavy atom. The Labute approximate surface area is 157 Å². The molecule has 2 aromatic carbocycles. The van der Waals surface area contributed by atoms with Gasteiger partial charge in [0.05, 0.1) is 12.7 Å². The third-order valence-corrected chi connectivity index (χ3v) is 4.06. The maximum Gasteiger partial charge on any atom is 0.416 e. The first kappa shape index (κ1) is 19.3. The molecular formula is C18H16F3N5O2. The lowest BCUT2D eigenvalue weighted by Gasteiger charge is -2.16. The van der Waals surface area contributed by atoms with E-state index < -0.39 is 23.6 Å². The lowest BCUT2D eigenvalue weighted by molar-refractivity contribution is -0.137. The van der Waals surface area contributed by atoms with Crippen molar-refractivity contribution in [2.45, 2.75) is 18.5 Å². The van der Waals surface area contributed by atoms with Gasteiger partial charge in [0.25, 0.3) is 0 Å². The van der Waals surface area contributed by atoms with Crippen LogP contribution in [0.2, 0.25) is 0 Å². The van der Waals surface area contributed by atoms with Crippen molar-refractivity contribution in [2.24, 2.45) is 0 Å². The largest absolute Gasteiger partial charge is 0.496 e. The molecule has 0 aliphatic heterocycles. The van der Waals surface area contributed by atoms with E-state index in [0.717, 1.165) is 17.7 Å². The molecule has 0 aliphatic carbocycles. The summed E-state index contributed by atoms with van der Waals surface area (Å²) < 4.78 is 44.0. The number of nitrogens with one attached hydrogen (secondary N) is 2. The fourth-order valence-electron chi connectivity index (χ4n) is 2.71. The molecule has 0 aliphatic rings. The molecule has 1 atom stereocenters. The third-order valence-electron chi connectivity index (χ3n) is 4.06. The molecule has 0 saturated carbocycles. The Morgan fingerprint density at radius 2 is 2.00 bits per heavy atom. The number of ether oxygens (including phenoxy) is 1. The summed E-state index contributed by atoms with van der Waals surface area (Å²) in [4.78, 5) is 12.8. The molecule has 0 radical (unpaired) electrons. The smallest absolute Gasteiger partial charge is 0.416 e. The van der Waals surface area contributed by atoms with Gasteiger partial charge in [-0.3, -0.25) is 4.79 Å². The van der Waals surface area contributed by atoms with Gasteiger partial charge >= 0.3 is 6.18 Å². The molecule has 0 saturated heterocycles. The van der Waals surface area contributed by atoms with Crippen LogP contribution in [-0.4, -0.2) is 33.6 Å². The molecule has 7 nitrogen and oxygen atoms in total. The highest BCUT2D eigenvalue weighted by Gasteiger charge is 2.31. The SMILES string of the molecule is COc1ccccc1CC(C(=O)Nc1cccc(C(F)(F)F)c1)c1nn[nH]n1. The van der Waals surface area contributed by atoms with E-state index in [1.807, 2.05) is 0 Å². The van der Waals surface area contributed by atoms with Gasteiger partial charge in [0.15, 0.2) is 5.82 Å². The molecule has 1 aromatic heterocycles. The molecule has 1 unspecified atom stereocenters. The average molecular weight is 391 g/mol. The monoisotopic (exact) mass is 391 g/mol. The normalized spacial score (nSPS) is 12.4. The van der Waals surface area contributed by atoms with E-state index in [4.69, 9.17) is 4.74 Å². The van der Waals surface area contributed by atoms with Gasteiger partial charge in [-0.05, 0) is 36.2 Å². The summed E-state index contributed by atoms with van der Waals surface area (Å²) in [6.45, 7) is 0. The number of rotatable bonds is 6. The van der Waals surface area contributed by atoms with Crippen LogP contribution < -0.4 is 10.1 Å². The number of methoxy groups -OCH3 is 1. The van der Waals surface area contributed by atoms with Gasteiger partial charge in [-0.2, -0.15) is 18.4 Å². The minimum absolute atomic E-state index is 0.0216. The highest BCUT2D eigenvalue weighted by Crippen LogP contribution is 2.31. The Kier molecular flexibility index (Phi) is 5.57. The molecule has 0 fully saturated rings. The quantitative estimate of drug-likeness (QED) is 0.673. The van der Waals surface area contributed by atoms with Crippen LogP contribution in [0.1, 0.15) is 22.9 Å². The summed E-state index contributed by atoms with van der Waals surface area (Å²) in [5.41, 5.74) is -0.113. The summed E-state index contributed by atoms with van der Waals surface area (Å²) in [5, 5.41) is 16.0. The zero-order valence-electron chi connectivity index (χ0n) is 14.7. The number of aromatic nitrogens is 4. The van der Waals surface area contributed by atoms with Crippen molar-refractivity contribution in [3.05, 3.63) is 65.5 Å². The maximum atomic E-state index is 12.9. The van der Waals surface area contributed by atoms with Crippen molar-refractivity contribution >= 4 is 11.6 Å². The van der Waals surface area contributed by atoms with Gasteiger partial charge in [-0.25, -0.2) is 0 Å². The number of hydrogen-bond donors (Lipinski definition) is 2. The van der Waals surface area contributed by atoms with Gasteiger partial charge in [0, 0.05) is 5.69 Å². The van der Waals surface area contributed by atoms with E-state index in [1.54, 1.807) is 24.3 Å². The fourth-order valence-corrected chi connectivity index (χ4v) is 2.71. The molecule has 146 valence electrons. The first-order chi connectivity index (χ1) is 13.4. The molecular weight excluding hydrogens is 375 g/mol. The van der Waals surface area contributed by atoms with Crippen LogP contribution in [0, 0.1) is 0 Å². The molecule has 3 aromatic rings. The number of H-pyrrole nitrogens is 1. The van der Waals surface area contributed by atoms with Gasteiger partial charge in [0.2, 0.25) is 5.91 Å². The van der Waals surface area contributed by atoms with E-state index in [0.29, 0.717) is 5.75 Å². The number of alkyl halides is 3. The van der Waals surface area contributed by atoms with Crippen LogP contribution in [-0.2, 0) is 17.4 Å². The number of anilines is 1. The van der Waals surface area contributed by atoms with Gasteiger partial charge in [-0.1, -0.05) is 29.5 Å². The highest BCUT2D eigenvalue weighted by molar-refractivity contribution is 5.95. The van der Waals surface area contributed by atoms with Crippen LogP contribution in [0.15, 0.2) is 48.5 Å². The first-order valence-corrected chi connectivity index (χ1v) is 8.22. The average Bonchev–Trinajstić information content (AvgIpc) is 3.20. The number of para-hydroxylation sites is 1. The van der Waals surface area contributed by atoms with Crippen LogP contribution >= 0.6 is 0 Å². The summed E-state index contributed by atoms with van der Waals surface area (Å²) >= 11 is 0. The summed E-state index contributed by atoms with van der Waals surface area (Å²) in [5.74, 6) is -0.755. The number of benzene rings is 2. The molecule has 10 heteroatoms. The number of hydrogen-bond acceptors (Lipinski definition) is 5. The Hall–Kier alpha value is -3.43. The van der Waals surface area contributed by atoms with Crippen LogP contribution in [0.3, 0.4) is 0 Å². The standard InChI is InChI=1S/C18H16F3N5O2/c1-28-15-8-3-2-5-11(15)9-14(16-23-25-26-24-16)17(27)22-13-7-4-6-12(10-13)18(19,20)21/h2-8,10,14H,9H2,1H3,(H,22,27)(H,23,24,25,26). The predicted molar refractivity (Wildman–Crippen MR) is 93.7 cm³/mol. The maximum absolute atomic E-state index is 12.9. The minimum Gasteiger partial charge on any atom is -0.496 e. The van der Waals surface area contributed by atoms with Crippen molar-refractivity contribution in [3.8, 4) is 5.75 Å². The van der Waals surface area contributed by atoms with Crippen LogP contribution in [0.5, 0.6) is 5.75 Å². The summed E-state index contributed by atoms with van der Waals surface area (Å²) in [6, 6.07) is 11.5. The number of halogens is 3. The number of carbonyl (C=O) groups excluding carboxylic acids is 1. The highest BCUT2D eigenvalue weighted by atomic mass is 19.4. The lowest BCUT2D eigenvalue weighted by atomic mass is 9.97. The number of tetrazole rings is 1. The van der Waals surface area contributed by atoms with Gasteiger partial charge < -0.3 is 10.1 Å². The van der Waals surface area contributed by atoms with Crippen molar-refractivity contribution in [1.29, 1.82) is 0 Å². The van der Waals surface area contributed by atoms with E-state index in [9.17, 15) is 18.0 Å². The zero-order valence-corrected chi connectivity index (χ0v) is 14.7. The fraction of sp³-hybridized carbons (Fsp3) is 0.222. The van der Waals surface area contributed by atoms with Crippen molar-refractivity contribution in [2.75, 3.05) is 12.4 Å². The number of nitrogens with zero attached hydrogens (tertiary/aromatic N) is 3. The molecule has 0 spiro atoms. The molecule has 0 bridgehead atoms. The Morgan fingerprint density at radius 3 is 2.68 bits per heavy atom. The molecule has 2 N–H and O–H groups in total. The number of amides is 1. The van der Waals surface area contributed by atoms with Crippen molar-refractivity contribution < 1.29 is 22.7 Å². The topological polar surface area (TPSA) is 92.8 Å². The van der Waals surface area contributed by atoms with Crippen molar-refractivity contribution in [3.63, 3.8) is 0 Å². The Bertz CT molecular complexity index is 944. The predicted octanol–water partition coefficient (Wildman–Crippen LogP) is 3.19. The van der Waals surface area contributed by atoms with E-state index in [1.165, 1.54) is 19.2 Å². The minimum atomic E-state index is -4.51. The van der Waals surface area contributed by atoms with Gasteiger partial charge in [0.1, 0.15) is 11.7 Å². The summed E-state index contributed by atoms with van der Waals surface area (Å²) in [6.07, 6.45) is -4.33. The van der Waals surface area contributed by atoms with Crippen LogP contribution in [0.4, 0.5) is 18.9 Å². The molecule has 1 amide bonds. The summed E-state index contributed by atoms with van der Waals surface area (Å²) in [7, 11) is 1.50. The third kappa shape index (κ3) is 4.45. The number of carbonyl (C=O) groups is 1. The molecule has 3 rings (SSSR count). The second-order valence-corrected chi connectivity index (χ2v) is 5.91. The number of aromatic amines is 1. The Balaban J connectivity index is 1.86. The van der Waals surface area contributed by atoms with E-state index >= 15 is 0 Å². The lowest BCUT2D eigenvalue weighted by Crippen LogP contribution is -2.24. The van der Waals surface area contributed by atoms with E-state index in [-0.39, 0.29) is 17.9 Å². The second kappa shape index (κ2) is 8.07. The van der Waals surface area contributed by atoms with E-state index in [2.05, 4.69) is 25.9 Å². The molecule has 1 heterocycles. The van der Waals surface area contributed by atoms with Crippen molar-refractivity contribution in [1.82, 2.24) is 20.6 Å². The second-order valence-electron chi connectivity index (χ2n) is 5.91. The molecule has 28 heavy (non-hydrogen) atoms. The first-order valence-electron chi connectivity index (χ1n) is 8.22. The van der Waals surface area contributed by atoms with Gasteiger partial charge in [-0.15, -0.1) is 10.2 Å². The zero-order chi connectivity index (χ0) is 20.1. The van der Waals surface area contributed by atoms with Crippen LogP contribution in [0.25, 0.3) is 0 Å².